The Hall–Kier alpha value is -1.71. The number of nitrogens with zero attached hydrogens (tertiary/aromatic N) is 3. The summed E-state index contributed by atoms with van der Waals surface area (Å²) < 4.78 is 21.6. The zero-order valence-corrected chi connectivity index (χ0v) is 18.0. The van der Waals surface area contributed by atoms with Gasteiger partial charge in [-0.25, -0.2) is 4.21 Å². The summed E-state index contributed by atoms with van der Waals surface area (Å²) in [5.74, 6) is 0. The van der Waals surface area contributed by atoms with E-state index < -0.39 is 11.0 Å². The Labute approximate surface area is 166 Å². The number of fused-ring (bicyclic) bond motifs is 1. The van der Waals surface area contributed by atoms with Crippen molar-refractivity contribution in [2.45, 2.75) is 58.6 Å². The van der Waals surface area contributed by atoms with Crippen LogP contribution in [0.3, 0.4) is 0 Å². The van der Waals surface area contributed by atoms with Gasteiger partial charge in [-0.2, -0.15) is 9.66 Å². The van der Waals surface area contributed by atoms with Crippen molar-refractivity contribution in [2.75, 3.05) is 31.2 Å². The fourth-order valence-corrected chi connectivity index (χ4v) is 3.83. The number of hydrogen-bond acceptors (Lipinski definition) is 4. The van der Waals surface area contributed by atoms with Crippen molar-refractivity contribution >= 4 is 22.4 Å². The van der Waals surface area contributed by atoms with Gasteiger partial charge in [0.05, 0.1) is 16.0 Å². The summed E-state index contributed by atoms with van der Waals surface area (Å²) in [5.41, 5.74) is 4.92. The average molecular weight is 390 g/mol. The monoisotopic (exact) mass is 389 g/mol. The molecule has 1 aliphatic rings. The summed E-state index contributed by atoms with van der Waals surface area (Å²) in [4.78, 5) is 2.30. The second kappa shape index (κ2) is 9.48. The third-order valence-corrected chi connectivity index (χ3v) is 6.00. The standard InChI is InChI=1S/C21H31N3O2S/c1-6-26-11-7-9-24-10-8-18-13-17(14-19(15-22)20(18)24)12-16(2)23-27(25)21(3,4)5/h13-14H,6-12H2,1-5H3. The first-order valence-corrected chi connectivity index (χ1v) is 10.7. The van der Waals surface area contributed by atoms with Gasteiger partial charge in [0, 0.05) is 38.4 Å². The van der Waals surface area contributed by atoms with E-state index in [1.807, 2.05) is 40.7 Å². The molecule has 0 fully saturated rings. The molecule has 1 unspecified atom stereocenters. The van der Waals surface area contributed by atoms with Gasteiger partial charge in [0.2, 0.25) is 0 Å². The number of nitriles is 1. The highest BCUT2D eigenvalue weighted by Gasteiger charge is 2.24. The molecule has 1 aromatic carbocycles. The smallest absolute Gasteiger partial charge is 0.144 e. The largest absolute Gasteiger partial charge is 0.382 e. The lowest BCUT2D eigenvalue weighted by Crippen LogP contribution is -2.23. The van der Waals surface area contributed by atoms with E-state index >= 15 is 0 Å². The van der Waals surface area contributed by atoms with Gasteiger partial charge in [0.1, 0.15) is 17.1 Å². The number of benzene rings is 1. The lowest BCUT2D eigenvalue weighted by atomic mass is 10.00. The maximum absolute atomic E-state index is 12.2. The molecule has 148 valence electrons. The summed E-state index contributed by atoms with van der Waals surface area (Å²) >= 11 is 0. The van der Waals surface area contributed by atoms with E-state index in [1.54, 1.807) is 0 Å². The quantitative estimate of drug-likeness (QED) is 0.501. The molecule has 2 rings (SSSR count). The zero-order chi connectivity index (χ0) is 20.0. The maximum atomic E-state index is 12.2. The second-order valence-corrected chi connectivity index (χ2v) is 9.82. The van der Waals surface area contributed by atoms with E-state index in [4.69, 9.17) is 4.74 Å². The first kappa shape index (κ1) is 21.6. The van der Waals surface area contributed by atoms with E-state index in [0.717, 1.165) is 61.7 Å². The normalized spacial score (nSPS) is 15.6. The van der Waals surface area contributed by atoms with Gasteiger partial charge in [-0.15, -0.1) is 0 Å². The van der Waals surface area contributed by atoms with Crippen molar-refractivity contribution < 1.29 is 8.95 Å². The molecule has 1 atom stereocenters. The third-order valence-electron chi connectivity index (χ3n) is 4.48. The second-order valence-electron chi connectivity index (χ2n) is 7.92. The Morgan fingerprint density at radius 3 is 2.78 bits per heavy atom. The van der Waals surface area contributed by atoms with E-state index in [2.05, 4.69) is 21.4 Å². The average Bonchev–Trinajstić information content (AvgIpc) is 3.00. The van der Waals surface area contributed by atoms with Gasteiger partial charge in [-0.1, -0.05) is 6.07 Å². The molecule has 27 heavy (non-hydrogen) atoms. The minimum Gasteiger partial charge on any atom is -0.382 e. The van der Waals surface area contributed by atoms with E-state index in [1.165, 1.54) is 5.56 Å². The summed E-state index contributed by atoms with van der Waals surface area (Å²) in [6.45, 7) is 13.0. The predicted molar refractivity (Wildman–Crippen MR) is 113 cm³/mol. The highest BCUT2D eigenvalue weighted by atomic mass is 32.2. The van der Waals surface area contributed by atoms with E-state index in [9.17, 15) is 9.47 Å². The van der Waals surface area contributed by atoms with Gasteiger partial charge in [-0.05, 0) is 64.7 Å². The van der Waals surface area contributed by atoms with Crippen molar-refractivity contribution in [3.05, 3.63) is 28.8 Å². The maximum Gasteiger partial charge on any atom is 0.144 e. The molecule has 0 saturated carbocycles. The van der Waals surface area contributed by atoms with Gasteiger partial charge in [0.15, 0.2) is 0 Å². The number of anilines is 1. The molecule has 6 heteroatoms. The summed E-state index contributed by atoms with van der Waals surface area (Å²) in [6.07, 6.45) is 2.54. The van der Waals surface area contributed by atoms with Crippen LogP contribution in [0.1, 0.15) is 57.7 Å². The summed E-state index contributed by atoms with van der Waals surface area (Å²) in [5, 5.41) is 9.66. The molecule has 0 spiro atoms. The first-order valence-electron chi connectivity index (χ1n) is 9.61. The van der Waals surface area contributed by atoms with Gasteiger partial charge in [0.25, 0.3) is 0 Å². The van der Waals surface area contributed by atoms with E-state index in [-0.39, 0.29) is 4.75 Å². The molecule has 0 aromatic heterocycles. The topological polar surface area (TPSA) is 65.7 Å². The number of hydrogen-bond donors (Lipinski definition) is 0. The molecule has 0 bridgehead atoms. The number of rotatable bonds is 8. The molecule has 5 nitrogen and oxygen atoms in total. The molecule has 0 saturated heterocycles. The fraction of sp³-hybridized carbons (Fsp3) is 0.619. The Kier molecular flexibility index (Phi) is 7.58. The molecule has 0 amide bonds. The molecular weight excluding hydrogens is 358 g/mol. The lowest BCUT2D eigenvalue weighted by Gasteiger charge is -2.21. The highest BCUT2D eigenvalue weighted by Crippen LogP contribution is 2.33. The van der Waals surface area contributed by atoms with Crippen molar-refractivity contribution in [2.24, 2.45) is 4.40 Å². The highest BCUT2D eigenvalue weighted by molar-refractivity contribution is 7.85. The van der Waals surface area contributed by atoms with Crippen LogP contribution in [0.4, 0.5) is 5.69 Å². The van der Waals surface area contributed by atoms with Crippen LogP contribution in [-0.4, -0.2) is 41.0 Å². The fourth-order valence-electron chi connectivity index (χ4n) is 3.21. The van der Waals surface area contributed by atoms with Crippen LogP contribution in [0, 0.1) is 11.3 Å². The SMILES string of the molecule is CCOCCCN1CCc2cc(CC(C)=NS(=O)C(C)(C)C)cc(C#N)c21. The molecule has 1 aromatic rings. The zero-order valence-electron chi connectivity index (χ0n) is 17.2. The molecule has 1 heterocycles. The first-order chi connectivity index (χ1) is 12.8. The minimum atomic E-state index is -1.26. The Bertz CT molecular complexity index is 760. The van der Waals surface area contributed by atoms with Crippen LogP contribution < -0.4 is 4.90 Å². The van der Waals surface area contributed by atoms with Crippen LogP contribution in [0.15, 0.2) is 16.5 Å². The van der Waals surface area contributed by atoms with Gasteiger partial charge >= 0.3 is 0 Å². The van der Waals surface area contributed by atoms with Crippen LogP contribution in [-0.2, 0) is 28.6 Å². The third kappa shape index (κ3) is 5.88. The Morgan fingerprint density at radius 2 is 2.15 bits per heavy atom. The molecule has 0 N–H and O–H groups in total. The van der Waals surface area contributed by atoms with Crippen molar-refractivity contribution in [1.29, 1.82) is 5.26 Å². The van der Waals surface area contributed by atoms with Crippen molar-refractivity contribution in [3.8, 4) is 6.07 Å². The Morgan fingerprint density at radius 1 is 1.41 bits per heavy atom. The Balaban J connectivity index is 2.15. The van der Waals surface area contributed by atoms with Crippen molar-refractivity contribution in [1.82, 2.24) is 0 Å². The molecular formula is C21H31N3O2S. The number of ether oxygens (including phenoxy) is 1. The molecule has 0 aliphatic carbocycles. The summed E-state index contributed by atoms with van der Waals surface area (Å²) in [6, 6.07) is 6.50. The van der Waals surface area contributed by atoms with Crippen LogP contribution in [0.2, 0.25) is 0 Å². The minimum absolute atomic E-state index is 0.362. The van der Waals surface area contributed by atoms with Crippen molar-refractivity contribution in [3.63, 3.8) is 0 Å². The summed E-state index contributed by atoms with van der Waals surface area (Å²) in [7, 11) is -1.26. The van der Waals surface area contributed by atoms with Crippen LogP contribution in [0.5, 0.6) is 0 Å². The van der Waals surface area contributed by atoms with Crippen LogP contribution in [0.25, 0.3) is 0 Å². The molecule has 0 radical (unpaired) electrons. The van der Waals surface area contributed by atoms with Gasteiger partial charge in [-0.3, -0.25) is 0 Å². The van der Waals surface area contributed by atoms with Crippen LogP contribution >= 0.6 is 0 Å². The lowest BCUT2D eigenvalue weighted by molar-refractivity contribution is 0.146. The molecule has 1 aliphatic heterocycles. The van der Waals surface area contributed by atoms with E-state index in [0.29, 0.717) is 6.42 Å². The predicted octanol–water partition coefficient (Wildman–Crippen LogP) is 3.81. The van der Waals surface area contributed by atoms with Gasteiger partial charge < -0.3 is 9.64 Å².